The summed E-state index contributed by atoms with van der Waals surface area (Å²) in [5.74, 6) is -0.882. The molecule has 2 aromatic carbocycles. The van der Waals surface area contributed by atoms with Crippen molar-refractivity contribution in [2.24, 2.45) is 0 Å². The largest absolute Gasteiger partial charge is 0.478 e. The molecule has 0 unspecified atom stereocenters. The fourth-order valence-corrected chi connectivity index (χ4v) is 3.31. The first-order valence-electron chi connectivity index (χ1n) is 10.1. The van der Waals surface area contributed by atoms with Crippen molar-refractivity contribution < 1.29 is 9.90 Å². The highest BCUT2D eigenvalue weighted by molar-refractivity contribution is 5.88. The molecule has 140 valence electrons. The van der Waals surface area contributed by atoms with Crippen LogP contribution >= 0.6 is 0 Å². The maximum atomic E-state index is 10.9. The highest BCUT2D eigenvalue weighted by Gasteiger charge is 2.03. The van der Waals surface area contributed by atoms with Crippen LogP contribution in [0.3, 0.4) is 0 Å². The average molecular weight is 353 g/mol. The number of hydrogen-bond acceptors (Lipinski definition) is 1. The quantitative estimate of drug-likeness (QED) is 0.413. The smallest absolute Gasteiger partial charge is 0.335 e. The van der Waals surface area contributed by atoms with Crippen LogP contribution in [0.1, 0.15) is 80.6 Å². The highest BCUT2D eigenvalue weighted by atomic mass is 16.4. The van der Waals surface area contributed by atoms with Crippen molar-refractivity contribution in [2.45, 2.75) is 71.1 Å². The molecule has 26 heavy (non-hydrogen) atoms. The van der Waals surface area contributed by atoms with Crippen LogP contribution in [0.25, 0.3) is 11.1 Å². The van der Waals surface area contributed by atoms with E-state index in [4.69, 9.17) is 5.11 Å². The van der Waals surface area contributed by atoms with Gasteiger partial charge in [0.25, 0.3) is 0 Å². The molecule has 1 N–H and O–H groups in total. The third-order valence-corrected chi connectivity index (χ3v) is 4.99. The number of aromatic carboxylic acids is 1. The zero-order chi connectivity index (χ0) is 18.6. The van der Waals surface area contributed by atoms with Crippen LogP contribution in [-0.4, -0.2) is 11.1 Å². The molecule has 0 fully saturated rings. The molecule has 0 atom stereocenters. The maximum absolute atomic E-state index is 10.9. The summed E-state index contributed by atoms with van der Waals surface area (Å²) in [5, 5.41) is 8.97. The summed E-state index contributed by atoms with van der Waals surface area (Å²) in [6.07, 6.45) is 13.4. The standard InChI is InChI=1S/C24H32O2/c1-2-3-4-5-6-7-8-9-10-11-20-12-14-21(15-13-20)22-16-18-23(19-17-22)24(25)26/h12-19H,2-11H2,1H3,(H,25,26). The first-order valence-corrected chi connectivity index (χ1v) is 10.1. The lowest BCUT2D eigenvalue weighted by atomic mass is 10.00. The van der Waals surface area contributed by atoms with Gasteiger partial charge in [-0.15, -0.1) is 0 Å². The van der Waals surface area contributed by atoms with Gasteiger partial charge in [-0.1, -0.05) is 94.7 Å². The number of benzene rings is 2. The molecule has 2 heteroatoms. The Morgan fingerprint density at radius 3 is 1.65 bits per heavy atom. The summed E-state index contributed by atoms with van der Waals surface area (Å²) < 4.78 is 0. The van der Waals surface area contributed by atoms with E-state index < -0.39 is 5.97 Å². The summed E-state index contributed by atoms with van der Waals surface area (Å²) in [5.41, 5.74) is 3.91. The Morgan fingerprint density at radius 1 is 0.692 bits per heavy atom. The van der Waals surface area contributed by atoms with Gasteiger partial charge in [0.1, 0.15) is 0 Å². The van der Waals surface area contributed by atoms with Crippen LogP contribution in [0.4, 0.5) is 0 Å². The molecule has 2 aromatic rings. The molecule has 0 saturated carbocycles. The summed E-state index contributed by atoms with van der Waals surface area (Å²) in [6.45, 7) is 2.27. The molecule has 0 aromatic heterocycles. The number of aryl methyl sites for hydroxylation is 1. The van der Waals surface area contributed by atoms with Gasteiger partial charge in [0.2, 0.25) is 0 Å². The zero-order valence-electron chi connectivity index (χ0n) is 16.0. The zero-order valence-corrected chi connectivity index (χ0v) is 16.0. The molecule has 0 heterocycles. The Labute approximate surface area is 158 Å². The second-order valence-electron chi connectivity index (χ2n) is 7.16. The molecule has 0 radical (unpaired) electrons. The van der Waals surface area contributed by atoms with Crippen molar-refractivity contribution in [3.8, 4) is 11.1 Å². The molecule has 0 aliphatic carbocycles. The average Bonchev–Trinajstić information content (AvgIpc) is 2.67. The van der Waals surface area contributed by atoms with E-state index in [1.807, 2.05) is 12.1 Å². The summed E-state index contributed by atoms with van der Waals surface area (Å²) in [6, 6.07) is 15.7. The summed E-state index contributed by atoms with van der Waals surface area (Å²) in [4.78, 5) is 10.9. The molecular formula is C24H32O2. The van der Waals surface area contributed by atoms with Gasteiger partial charge in [0.15, 0.2) is 0 Å². The van der Waals surface area contributed by atoms with E-state index in [1.54, 1.807) is 12.1 Å². The third kappa shape index (κ3) is 7.03. The van der Waals surface area contributed by atoms with Crippen molar-refractivity contribution >= 4 is 5.97 Å². The number of carboxylic acids is 1. The first kappa shape index (κ1) is 20.2. The molecule has 0 bridgehead atoms. The molecule has 2 nitrogen and oxygen atoms in total. The van der Waals surface area contributed by atoms with Gasteiger partial charge in [0.05, 0.1) is 5.56 Å². The van der Waals surface area contributed by atoms with Gasteiger partial charge in [0, 0.05) is 0 Å². The lowest BCUT2D eigenvalue weighted by Gasteiger charge is -2.06. The molecule has 0 aliphatic heterocycles. The van der Waals surface area contributed by atoms with Gasteiger partial charge in [-0.3, -0.25) is 0 Å². The Morgan fingerprint density at radius 2 is 1.15 bits per heavy atom. The Balaban J connectivity index is 1.68. The second-order valence-corrected chi connectivity index (χ2v) is 7.16. The minimum Gasteiger partial charge on any atom is -0.478 e. The topological polar surface area (TPSA) is 37.3 Å². The molecule has 0 saturated heterocycles. The van der Waals surface area contributed by atoms with Gasteiger partial charge < -0.3 is 5.11 Å². The molecule has 0 aliphatic rings. The van der Waals surface area contributed by atoms with Gasteiger partial charge >= 0.3 is 5.97 Å². The van der Waals surface area contributed by atoms with Crippen molar-refractivity contribution in [3.63, 3.8) is 0 Å². The minimum absolute atomic E-state index is 0.329. The number of hydrogen-bond donors (Lipinski definition) is 1. The normalized spacial score (nSPS) is 10.8. The Kier molecular flexibility index (Phi) is 8.95. The van der Waals surface area contributed by atoms with Crippen LogP contribution in [0, 0.1) is 0 Å². The predicted octanol–water partition coefficient (Wildman–Crippen LogP) is 7.13. The van der Waals surface area contributed by atoms with E-state index in [0.717, 1.165) is 17.5 Å². The molecule has 0 spiro atoms. The fourth-order valence-electron chi connectivity index (χ4n) is 3.31. The van der Waals surface area contributed by atoms with E-state index in [9.17, 15) is 4.79 Å². The van der Waals surface area contributed by atoms with E-state index in [1.165, 1.54) is 63.4 Å². The van der Waals surface area contributed by atoms with Crippen molar-refractivity contribution in [1.82, 2.24) is 0 Å². The third-order valence-electron chi connectivity index (χ3n) is 4.99. The SMILES string of the molecule is CCCCCCCCCCCc1ccc(-c2ccc(C(=O)O)cc2)cc1. The van der Waals surface area contributed by atoms with E-state index in [0.29, 0.717) is 5.56 Å². The van der Waals surface area contributed by atoms with Crippen LogP contribution in [0.5, 0.6) is 0 Å². The lowest BCUT2D eigenvalue weighted by molar-refractivity contribution is 0.0697. The summed E-state index contributed by atoms with van der Waals surface area (Å²) in [7, 11) is 0. The Hall–Kier alpha value is -2.09. The molecule has 2 rings (SSSR count). The van der Waals surface area contributed by atoms with Gasteiger partial charge in [-0.2, -0.15) is 0 Å². The van der Waals surface area contributed by atoms with Crippen LogP contribution in [0.15, 0.2) is 48.5 Å². The number of unbranched alkanes of at least 4 members (excludes halogenated alkanes) is 8. The van der Waals surface area contributed by atoms with Crippen molar-refractivity contribution in [1.29, 1.82) is 0 Å². The number of carbonyl (C=O) groups is 1. The predicted molar refractivity (Wildman–Crippen MR) is 110 cm³/mol. The van der Waals surface area contributed by atoms with Crippen LogP contribution < -0.4 is 0 Å². The molecular weight excluding hydrogens is 320 g/mol. The second kappa shape index (κ2) is 11.5. The summed E-state index contributed by atoms with van der Waals surface area (Å²) >= 11 is 0. The fraction of sp³-hybridized carbons (Fsp3) is 0.458. The lowest BCUT2D eigenvalue weighted by Crippen LogP contribution is -1.95. The number of rotatable bonds is 12. The van der Waals surface area contributed by atoms with E-state index in [2.05, 4.69) is 31.2 Å². The van der Waals surface area contributed by atoms with Crippen molar-refractivity contribution in [2.75, 3.05) is 0 Å². The van der Waals surface area contributed by atoms with E-state index >= 15 is 0 Å². The van der Waals surface area contributed by atoms with Crippen LogP contribution in [-0.2, 0) is 6.42 Å². The van der Waals surface area contributed by atoms with Gasteiger partial charge in [-0.05, 0) is 41.7 Å². The number of carboxylic acid groups (broad SMARTS) is 1. The monoisotopic (exact) mass is 352 g/mol. The van der Waals surface area contributed by atoms with E-state index in [-0.39, 0.29) is 0 Å². The van der Waals surface area contributed by atoms with Crippen molar-refractivity contribution in [3.05, 3.63) is 59.7 Å². The first-order chi connectivity index (χ1) is 12.7. The van der Waals surface area contributed by atoms with Gasteiger partial charge in [-0.25, -0.2) is 4.79 Å². The Bertz CT molecular complexity index is 641. The maximum Gasteiger partial charge on any atom is 0.335 e. The highest BCUT2D eigenvalue weighted by Crippen LogP contribution is 2.21. The minimum atomic E-state index is -0.882. The molecule has 0 amide bonds. The van der Waals surface area contributed by atoms with Crippen LogP contribution in [0.2, 0.25) is 0 Å².